The van der Waals surface area contributed by atoms with E-state index in [1.54, 1.807) is 24.3 Å². The lowest BCUT2D eigenvalue weighted by atomic mass is 10.2. The van der Waals surface area contributed by atoms with Gasteiger partial charge in [-0.1, -0.05) is 23.7 Å². The molecule has 0 saturated heterocycles. The highest BCUT2D eigenvalue weighted by Gasteiger charge is 2.02. The van der Waals surface area contributed by atoms with Gasteiger partial charge in [-0.3, -0.25) is 4.79 Å². The van der Waals surface area contributed by atoms with Crippen molar-refractivity contribution in [2.75, 3.05) is 5.73 Å². The first-order valence-electron chi connectivity index (χ1n) is 4.27. The number of benzene rings is 1. The highest BCUT2D eigenvalue weighted by Crippen LogP contribution is 2.18. The standard InChI is InChI=1S/C10H8ClN3O/c11-7-3-1-2-6(4-7)9-13-5-8(12)10(15)14-9/h1-5H,12H2,(H,13,14,15). The molecule has 0 aliphatic rings. The Kier molecular flexibility index (Phi) is 2.43. The second kappa shape index (κ2) is 3.74. The normalized spacial score (nSPS) is 10.2. The van der Waals surface area contributed by atoms with Gasteiger partial charge < -0.3 is 10.7 Å². The Labute approximate surface area is 90.7 Å². The molecule has 1 aromatic heterocycles. The Hall–Kier alpha value is -1.81. The van der Waals surface area contributed by atoms with Crippen LogP contribution in [0.15, 0.2) is 35.3 Å². The maximum Gasteiger partial charge on any atom is 0.274 e. The predicted molar refractivity (Wildman–Crippen MR) is 59.7 cm³/mol. The molecule has 0 fully saturated rings. The van der Waals surface area contributed by atoms with E-state index in [2.05, 4.69) is 9.97 Å². The van der Waals surface area contributed by atoms with Crippen molar-refractivity contribution >= 4 is 17.3 Å². The number of hydrogen-bond donors (Lipinski definition) is 2. The zero-order valence-corrected chi connectivity index (χ0v) is 8.45. The van der Waals surface area contributed by atoms with Crippen LogP contribution in [0.3, 0.4) is 0 Å². The van der Waals surface area contributed by atoms with Crippen LogP contribution in [0.5, 0.6) is 0 Å². The predicted octanol–water partition coefficient (Wildman–Crippen LogP) is 1.67. The van der Waals surface area contributed by atoms with E-state index in [0.717, 1.165) is 5.56 Å². The molecule has 0 unspecified atom stereocenters. The number of nitrogens with two attached hydrogens (primary N) is 1. The van der Waals surface area contributed by atoms with Crippen LogP contribution >= 0.6 is 11.6 Å². The average molecular weight is 222 g/mol. The maximum atomic E-state index is 11.2. The number of aromatic amines is 1. The number of H-pyrrole nitrogens is 1. The molecule has 0 amide bonds. The van der Waals surface area contributed by atoms with Gasteiger partial charge >= 0.3 is 0 Å². The van der Waals surface area contributed by atoms with Crippen LogP contribution < -0.4 is 11.3 Å². The third-order valence-corrected chi connectivity index (χ3v) is 2.16. The van der Waals surface area contributed by atoms with E-state index >= 15 is 0 Å². The molecule has 15 heavy (non-hydrogen) atoms. The molecule has 0 radical (unpaired) electrons. The Bertz CT molecular complexity index is 550. The maximum absolute atomic E-state index is 11.2. The summed E-state index contributed by atoms with van der Waals surface area (Å²) in [7, 11) is 0. The van der Waals surface area contributed by atoms with Crippen molar-refractivity contribution in [1.82, 2.24) is 9.97 Å². The van der Waals surface area contributed by atoms with Gasteiger partial charge in [0, 0.05) is 10.6 Å². The molecule has 0 aliphatic heterocycles. The van der Waals surface area contributed by atoms with Crippen molar-refractivity contribution in [3.63, 3.8) is 0 Å². The van der Waals surface area contributed by atoms with Gasteiger partial charge in [-0.05, 0) is 12.1 Å². The van der Waals surface area contributed by atoms with Crippen LogP contribution in [0, 0.1) is 0 Å². The summed E-state index contributed by atoms with van der Waals surface area (Å²) in [6, 6.07) is 7.06. The van der Waals surface area contributed by atoms with Crippen LogP contribution in [0.25, 0.3) is 11.4 Å². The van der Waals surface area contributed by atoms with Gasteiger partial charge in [-0.15, -0.1) is 0 Å². The summed E-state index contributed by atoms with van der Waals surface area (Å²) in [5, 5.41) is 0.590. The Balaban J connectivity index is 2.55. The fourth-order valence-electron chi connectivity index (χ4n) is 1.19. The number of nitrogen functional groups attached to an aromatic ring is 1. The molecular formula is C10H8ClN3O. The van der Waals surface area contributed by atoms with Crippen LogP contribution in [0.1, 0.15) is 0 Å². The SMILES string of the molecule is Nc1cnc(-c2cccc(Cl)c2)[nH]c1=O. The minimum atomic E-state index is -0.347. The van der Waals surface area contributed by atoms with Crippen molar-refractivity contribution in [3.8, 4) is 11.4 Å². The largest absolute Gasteiger partial charge is 0.393 e. The molecular weight excluding hydrogens is 214 g/mol. The van der Waals surface area contributed by atoms with Crippen LogP contribution in [-0.2, 0) is 0 Å². The third-order valence-electron chi connectivity index (χ3n) is 1.92. The lowest BCUT2D eigenvalue weighted by Gasteiger charge is -2.01. The van der Waals surface area contributed by atoms with E-state index in [1.807, 2.05) is 0 Å². The van der Waals surface area contributed by atoms with Gasteiger partial charge in [0.05, 0.1) is 6.20 Å². The summed E-state index contributed by atoms with van der Waals surface area (Å²) < 4.78 is 0. The van der Waals surface area contributed by atoms with E-state index in [0.29, 0.717) is 10.8 Å². The molecule has 0 saturated carbocycles. The van der Waals surface area contributed by atoms with Gasteiger partial charge in [0.25, 0.3) is 5.56 Å². The minimum Gasteiger partial charge on any atom is -0.393 e. The first kappa shape index (κ1) is 9.73. The number of nitrogens with one attached hydrogen (secondary N) is 1. The zero-order chi connectivity index (χ0) is 10.8. The third kappa shape index (κ3) is 1.99. The van der Waals surface area contributed by atoms with Crippen molar-refractivity contribution in [3.05, 3.63) is 45.8 Å². The van der Waals surface area contributed by atoms with Crippen LogP contribution in [0.2, 0.25) is 5.02 Å². The molecule has 2 aromatic rings. The molecule has 4 nitrogen and oxygen atoms in total. The van der Waals surface area contributed by atoms with E-state index < -0.39 is 0 Å². The van der Waals surface area contributed by atoms with Crippen molar-refractivity contribution in [2.24, 2.45) is 0 Å². The number of rotatable bonds is 1. The van der Waals surface area contributed by atoms with Gasteiger partial charge in [0.15, 0.2) is 0 Å². The van der Waals surface area contributed by atoms with E-state index in [1.165, 1.54) is 6.20 Å². The topological polar surface area (TPSA) is 71.8 Å². The summed E-state index contributed by atoms with van der Waals surface area (Å²) in [4.78, 5) is 17.8. The minimum absolute atomic E-state index is 0.0979. The smallest absolute Gasteiger partial charge is 0.274 e. The van der Waals surface area contributed by atoms with E-state index in [9.17, 15) is 4.79 Å². The lowest BCUT2D eigenvalue weighted by molar-refractivity contribution is 1.13. The summed E-state index contributed by atoms with van der Waals surface area (Å²) in [6.07, 6.45) is 1.33. The summed E-state index contributed by atoms with van der Waals surface area (Å²) >= 11 is 5.82. The molecule has 76 valence electrons. The fourth-order valence-corrected chi connectivity index (χ4v) is 1.38. The second-order valence-corrected chi connectivity index (χ2v) is 3.46. The number of halogens is 1. The van der Waals surface area contributed by atoms with Gasteiger partial charge in [-0.25, -0.2) is 4.98 Å². The first-order chi connectivity index (χ1) is 7.16. The molecule has 0 atom stereocenters. The molecule has 0 bridgehead atoms. The average Bonchev–Trinajstić information content (AvgIpc) is 2.22. The molecule has 1 heterocycles. The summed E-state index contributed by atoms with van der Waals surface area (Å²) in [6.45, 7) is 0. The summed E-state index contributed by atoms with van der Waals surface area (Å²) in [5.41, 5.74) is 5.86. The number of aromatic nitrogens is 2. The molecule has 5 heteroatoms. The molecule has 1 aromatic carbocycles. The molecule has 0 aliphatic carbocycles. The van der Waals surface area contributed by atoms with Crippen LogP contribution in [0.4, 0.5) is 5.69 Å². The Morgan fingerprint density at radius 3 is 2.87 bits per heavy atom. The van der Waals surface area contributed by atoms with E-state index in [-0.39, 0.29) is 11.2 Å². The monoisotopic (exact) mass is 221 g/mol. The summed E-state index contributed by atoms with van der Waals surface area (Å²) in [5.74, 6) is 0.455. The van der Waals surface area contributed by atoms with Gasteiger partial charge in [-0.2, -0.15) is 0 Å². The van der Waals surface area contributed by atoms with Gasteiger partial charge in [0.1, 0.15) is 11.5 Å². The molecule has 2 rings (SSSR count). The highest BCUT2D eigenvalue weighted by molar-refractivity contribution is 6.30. The van der Waals surface area contributed by atoms with Crippen molar-refractivity contribution < 1.29 is 0 Å². The highest BCUT2D eigenvalue weighted by atomic mass is 35.5. The first-order valence-corrected chi connectivity index (χ1v) is 4.65. The number of nitrogens with zero attached hydrogens (tertiary/aromatic N) is 1. The number of anilines is 1. The van der Waals surface area contributed by atoms with Crippen molar-refractivity contribution in [1.29, 1.82) is 0 Å². The Morgan fingerprint density at radius 1 is 1.40 bits per heavy atom. The Morgan fingerprint density at radius 2 is 2.20 bits per heavy atom. The van der Waals surface area contributed by atoms with Gasteiger partial charge in [0.2, 0.25) is 0 Å². The molecule has 3 N–H and O–H groups in total. The quantitative estimate of drug-likeness (QED) is 0.770. The van der Waals surface area contributed by atoms with E-state index in [4.69, 9.17) is 17.3 Å². The molecule has 0 spiro atoms. The second-order valence-electron chi connectivity index (χ2n) is 3.03. The lowest BCUT2D eigenvalue weighted by Crippen LogP contribution is -2.13. The fraction of sp³-hybridized carbons (Fsp3) is 0. The van der Waals surface area contributed by atoms with Crippen molar-refractivity contribution in [2.45, 2.75) is 0 Å². The van der Waals surface area contributed by atoms with Crippen LogP contribution in [-0.4, -0.2) is 9.97 Å². The number of hydrogen-bond acceptors (Lipinski definition) is 3. The zero-order valence-electron chi connectivity index (χ0n) is 7.70.